The zero-order valence-electron chi connectivity index (χ0n) is 19.4. The van der Waals surface area contributed by atoms with E-state index in [0.717, 1.165) is 53.7 Å². The van der Waals surface area contributed by atoms with Crippen molar-refractivity contribution in [1.29, 1.82) is 0 Å². The van der Waals surface area contributed by atoms with Gasteiger partial charge in [-0.25, -0.2) is 0 Å². The zero-order valence-corrected chi connectivity index (χ0v) is 19.4. The Morgan fingerprint density at radius 2 is 0.971 bits per heavy atom. The minimum atomic E-state index is 0.837. The molecule has 0 aromatic heterocycles. The first-order valence-electron chi connectivity index (χ1n) is 11.7. The summed E-state index contributed by atoms with van der Waals surface area (Å²) < 4.78 is 5.20. The van der Waals surface area contributed by atoms with E-state index in [4.69, 9.17) is 4.74 Å². The van der Waals surface area contributed by atoms with Gasteiger partial charge in [-0.15, -0.1) is 0 Å². The molecule has 0 atom stereocenters. The van der Waals surface area contributed by atoms with Gasteiger partial charge in [0, 0.05) is 22.3 Å². The molecule has 0 aliphatic heterocycles. The summed E-state index contributed by atoms with van der Waals surface area (Å²) in [5.41, 5.74) is 9.55. The molecule has 0 spiro atoms. The SMILES string of the molecule is COc1ccc(C#Cc2ccc(C#Cc3cc4ccc3CCc3ccc(cc3)CC4)cc2)cc1. The highest BCUT2D eigenvalue weighted by molar-refractivity contribution is 5.51. The number of hydrogen-bond acceptors (Lipinski definition) is 1. The topological polar surface area (TPSA) is 9.23 Å². The van der Waals surface area contributed by atoms with Crippen LogP contribution in [-0.4, -0.2) is 7.11 Å². The standard InChI is InChI=1S/C33H26O/c1-34-33-22-17-29(18-23-33)11-6-25-2-9-28(10-3-25)15-21-32-24-30-13-12-26-4-7-27(8-5-26)14-19-31(32)20-16-30/h2-5,7-10,16-18,20,22-24H,12-14,19H2,1H3. The molecule has 4 aromatic carbocycles. The van der Waals surface area contributed by atoms with Crippen LogP contribution in [0, 0.1) is 23.7 Å². The molecule has 164 valence electrons. The summed E-state index contributed by atoms with van der Waals surface area (Å²) in [6, 6.07) is 31.9. The Hall–Kier alpha value is -4.20. The van der Waals surface area contributed by atoms with E-state index in [2.05, 4.69) is 66.1 Å². The summed E-state index contributed by atoms with van der Waals surface area (Å²) in [4.78, 5) is 0. The third kappa shape index (κ3) is 5.40. The molecule has 8 rings (SSSR count). The van der Waals surface area contributed by atoms with Crippen LogP contribution < -0.4 is 4.74 Å². The Morgan fingerprint density at radius 1 is 0.500 bits per heavy atom. The summed E-state index contributed by atoms with van der Waals surface area (Å²) in [5, 5.41) is 0. The molecule has 0 heterocycles. The van der Waals surface area contributed by atoms with Crippen molar-refractivity contribution in [2.45, 2.75) is 25.7 Å². The molecule has 0 radical (unpaired) electrons. The van der Waals surface area contributed by atoms with E-state index < -0.39 is 0 Å². The maximum absolute atomic E-state index is 5.20. The van der Waals surface area contributed by atoms with Crippen LogP contribution in [0.4, 0.5) is 0 Å². The molecular formula is C33H26O. The highest BCUT2D eigenvalue weighted by Crippen LogP contribution is 2.19. The van der Waals surface area contributed by atoms with Gasteiger partial charge in [0.05, 0.1) is 7.11 Å². The van der Waals surface area contributed by atoms with Crippen LogP contribution in [0.1, 0.15) is 44.5 Å². The molecule has 0 saturated carbocycles. The van der Waals surface area contributed by atoms with Crippen LogP contribution in [-0.2, 0) is 25.7 Å². The van der Waals surface area contributed by atoms with Crippen LogP contribution in [0.25, 0.3) is 0 Å². The summed E-state index contributed by atoms with van der Waals surface area (Å²) in [7, 11) is 1.67. The first-order valence-corrected chi connectivity index (χ1v) is 11.7. The van der Waals surface area contributed by atoms with Crippen molar-refractivity contribution in [2.24, 2.45) is 0 Å². The van der Waals surface area contributed by atoms with Gasteiger partial charge >= 0.3 is 0 Å². The quantitative estimate of drug-likeness (QED) is 0.313. The minimum absolute atomic E-state index is 0.837. The molecule has 4 bridgehead atoms. The van der Waals surface area contributed by atoms with Crippen molar-refractivity contribution in [1.82, 2.24) is 0 Å². The summed E-state index contributed by atoms with van der Waals surface area (Å²) in [6.07, 6.45) is 4.14. The highest BCUT2D eigenvalue weighted by atomic mass is 16.5. The normalized spacial score (nSPS) is 11.9. The lowest BCUT2D eigenvalue weighted by Gasteiger charge is -2.11. The monoisotopic (exact) mass is 438 g/mol. The summed E-state index contributed by atoms with van der Waals surface area (Å²) >= 11 is 0. The molecule has 1 nitrogen and oxygen atoms in total. The maximum Gasteiger partial charge on any atom is 0.118 e. The number of rotatable bonds is 1. The lowest BCUT2D eigenvalue weighted by Crippen LogP contribution is -2.00. The third-order valence-corrected chi connectivity index (χ3v) is 6.25. The Morgan fingerprint density at radius 3 is 1.56 bits per heavy atom. The van der Waals surface area contributed by atoms with Crippen LogP contribution in [0.2, 0.25) is 0 Å². The van der Waals surface area contributed by atoms with Crippen molar-refractivity contribution >= 4 is 0 Å². The van der Waals surface area contributed by atoms with Crippen molar-refractivity contribution in [3.63, 3.8) is 0 Å². The van der Waals surface area contributed by atoms with E-state index in [1.165, 1.54) is 22.3 Å². The molecule has 0 unspecified atom stereocenters. The Bertz CT molecular complexity index is 1400. The predicted molar refractivity (Wildman–Crippen MR) is 139 cm³/mol. The van der Waals surface area contributed by atoms with Crippen LogP contribution in [0.3, 0.4) is 0 Å². The van der Waals surface area contributed by atoms with E-state index >= 15 is 0 Å². The largest absolute Gasteiger partial charge is 0.497 e. The minimum Gasteiger partial charge on any atom is -0.497 e. The number of ether oxygens (including phenoxy) is 1. The van der Waals surface area contributed by atoms with Gasteiger partial charge in [0.15, 0.2) is 0 Å². The van der Waals surface area contributed by atoms with E-state index in [1.807, 2.05) is 48.5 Å². The van der Waals surface area contributed by atoms with Gasteiger partial charge in [-0.3, -0.25) is 0 Å². The fraction of sp³-hybridized carbons (Fsp3) is 0.152. The van der Waals surface area contributed by atoms with Gasteiger partial charge in [-0.05, 0) is 103 Å². The van der Waals surface area contributed by atoms with Crippen molar-refractivity contribution < 1.29 is 4.74 Å². The van der Waals surface area contributed by atoms with E-state index in [-0.39, 0.29) is 0 Å². The smallest absolute Gasteiger partial charge is 0.118 e. The van der Waals surface area contributed by atoms with Gasteiger partial charge in [-0.1, -0.05) is 60.1 Å². The fourth-order valence-corrected chi connectivity index (χ4v) is 4.15. The van der Waals surface area contributed by atoms with E-state index in [1.54, 1.807) is 7.11 Å². The second-order valence-electron chi connectivity index (χ2n) is 8.61. The molecular weight excluding hydrogens is 412 g/mol. The molecule has 4 aliphatic carbocycles. The zero-order chi connectivity index (χ0) is 23.2. The molecule has 4 aromatic rings. The molecule has 0 N–H and O–H groups in total. The second-order valence-corrected chi connectivity index (χ2v) is 8.61. The molecule has 34 heavy (non-hydrogen) atoms. The Kier molecular flexibility index (Phi) is 6.47. The van der Waals surface area contributed by atoms with Gasteiger partial charge in [0.2, 0.25) is 0 Å². The van der Waals surface area contributed by atoms with E-state index in [9.17, 15) is 0 Å². The van der Waals surface area contributed by atoms with Gasteiger partial charge in [0.25, 0.3) is 0 Å². The van der Waals surface area contributed by atoms with Crippen LogP contribution in [0.15, 0.2) is 91.0 Å². The van der Waals surface area contributed by atoms with Crippen LogP contribution in [0.5, 0.6) is 5.75 Å². The van der Waals surface area contributed by atoms with Gasteiger partial charge < -0.3 is 4.74 Å². The van der Waals surface area contributed by atoms with Gasteiger partial charge in [-0.2, -0.15) is 0 Å². The third-order valence-electron chi connectivity index (χ3n) is 6.25. The average Bonchev–Trinajstić information content (AvgIpc) is 2.89. The Labute approximate surface area is 202 Å². The maximum atomic E-state index is 5.20. The van der Waals surface area contributed by atoms with Crippen molar-refractivity contribution in [2.75, 3.05) is 7.11 Å². The van der Waals surface area contributed by atoms with Gasteiger partial charge in [0.1, 0.15) is 5.75 Å². The van der Waals surface area contributed by atoms with Crippen LogP contribution >= 0.6 is 0 Å². The molecule has 1 heteroatoms. The summed E-state index contributed by atoms with van der Waals surface area (Å²) in [6.45, 7) is 0. The first kappa shape index (κ1) is 21.6. The van der Waals surface area contributed by atoms with E-state index in [0.29, 0.717) is 0 Å². The second kappa shape index (κ2) is 10.2. The first-order chi connectivity index (χ1) is 16.7. The number of aryl methyl sites for hydroxylation is 4. The van der Waals surface area contributed by atoms with Crippen molar-refractivity contribution in [3.8, 4) is 29.4 Å². The number of hydrogen-bond donors (Lipinski definition) is 0. The van der Waals surface area contributed by atoms with Crippen molar-refractivity contribution in [3.05, 3.63) is 136 Å². The highest BCUT2D eigenvalue weighted by Gasteiger charge is 2.06. The Balaban J connectivity index is 1.34. The summed E-state index contributed by atoms with van der Waals surface area (Å²) in [5.74, 6) is 14.1. The number of methoxy groups -OCH3 is 1. The average molecular weight is 439 g/mol. The number of benzene rings is 4. The molecule has 0 fully saturated rings. The molecule has 0 amide bonds. The fourth-order valence-electron chi connectivity index (χ4n) is 4.15. The molecule has 0 saturated heterocycles. The lowest BCUT2D eigenvalue weighted by atomic mass is 9.93. The molecule has 4 aliphatic rings. The predicted octanol–water partition coefficient (Wildman–Crippen LogP) is 6.38. The lowest BCUT2D eigenvalue weighted by molar-refractivity contribution is 0.415.